The Labute approximate surface area is 145 Å². The summed E-state index contributed by atoms with van der Waals surface area (Å²) < 4.78 is 12.3. The monoisotopic (exact) mass is 346 g/mol. The number of aromatic nitrogens is 2. The van der Waals surface area contributed by atoms with Gasteiger partial charge in [0.1, 0.15) is 17.5 Å². The summed E-state index contributed by atoms with van der Waals surface area (Å²) in [7, 11) is 0. The number of amides is 1. The molecule has 0 radical (unpaired) electrons. The Morgan fingerprint density at radius 3 is 2.76 bits per heavy atom. The van der Waals surface area contributed by atoms with E-state index in [9.17, 15) is 9.59 Å². The molecule has 134 valence electrons. The molecule has 8 nitrogen and oxygen atoms in total. The number of cyclic esters (lactones) is 1. The number of para-hydroxylation sites is 1. The van der Waals surface area contributed by atoms with Gasteiger partial charge in [0.05, 0.1) is 24.2 Å². The highest BCUT2D eigenvalue weighted by Crippen LogP contribution is 2.31. The van der Waals surface area contributed by atoms with Gasteiger partial charge in [0.2, 0.25) is 0 Å². The third-order valence-corrected chi connectivity index (χ3v) is 3.91. The van der Waals surface area contributed by atoms with E-state index >= 15 is 0 Å². The van der Waals surface area contributed by atoms with Crippen LogP contribution in [0.4, 0.5) is 9.59 Å². The SMILES string of the molecule is Cc1nc2c(C3CN(CN)C(=O)O3)cccc2n1C(=O)OC(C)(C)C. The normalized spacial score (nSPS) is 17.9. The van der Waals surface area contributed by atoms with Crippen LogP contribution in [0, 0.1) is 6.92 Å². The maximum Gasteiger partial charge on any atom is 0.420 e. The quantitative estimate of drug-likeness (QED) is 0.897. The zero-order valence-electron chi connectivity index (χ0n) is 14.8. The number of nitrogens with two attached hydrogens (primary N) is 1. The first-order valence-corrected chi connectivity index (χ1v) is 8.08. The van der Waals surface area contributed by atoms with Crippen molar-refractivity contribution in [3.63, 3.8) is 0 Å². The Bertz CT molecular complexity index is 837. The molecule has 2 N–H and O–H groups in total. The number of benzene rings is 1. The van der Waals surface area contributed by atoms with Gasteiger partial charge in [-0.05, 0) is 33.8 Å². The van der Waals surface area contributed by atoms with Crippen molar-refractivity contribution in [3.05, 3.63) is 29.6 Å². The Balaban J connectivity index is 2.03. The second kappa shape index (κ2) is 6.03. The highest BCUT2D eigenvalue weighted by Gasteiger charge is 2.33. The second-order valence-corrected chi connectivity index (χ2v) is 6.97. The molecule has 2 aromatic rings. The van der Waals surface area contributed by atoms with Crippen LogP contribution in [-0.2, 0) is 9.47 Å². The summed E-state index contributed by atoms with van der Waals surface area (Å²) in [5.74, 6) is 0.511. The number of rotatable bonds is 2. The maximum atomic E-state index is 12.5. The molecule has 0 aliphatic carbocycles. The highest BCUT2D eigenvalue weighted by molar-refractivity contribution is 5.90. The van der Waals surface area contributed by atoms with Gasteiger partial charge in [0.25, 0.3) is 0 Å². The van der Waals surface area contributed by atoms with Crippen LogP contribution in [-0.4, -0.2) is 45.5 Å². The third-order valence-electron chi connectivity index (χ3n) is 3.91. The van der Waals surface area contributed by atoms with Gasteiger partial charge < -0.3 is 15.2 Å². The fourth-order valence-electron chi connectivity index (χ4n) is 2.85. The lowest BCUT2D eigenvalue weighted by molar-refractivity contribution is 0.0540. The van der Waals surface area contributed by atoms with E-state index in [1.807, 2.05) is 26.8 Å². The number of ether oxygens (including phenoxy) is 2. The Morgan fingerprint density at radius 2 is 2.16 bits per heavy atom. The fourth-order valence-corrected chi connectivity index (χ4v) is 2.85. The van der Waals surface area contributed by atoms with Crippen molar-refractivity contribution >= 4 is 23.2 Å². The smallest absolute Gasteiger partial charge is 0.420 e. The molecule has 0 spiro atoms. The predicted octanol–water partition coefficient (Wildman–Crippen LogP) is 2.54. The van der Waals surface area contributed by atoms with Crippen molar-refractivity contribution in [3.8, 4) is 0 Å². The first-order chi connectivity index (χ1) is 11.7. The minimum atomic E-state index is -0.611. The predicted molar refractivity (Wildman–Crippen MR) is 91.1 cm³/mol. The molecule has 1 amide bonds. The molecule has 1 saturated heterocycles. The van der Waals surface area contributed by atoms with E-state index in [-0.39, 0.29) is 6.67 Å². The Hall–Kier alpha value is -2.61. The van der Waals surface area contributed by atoms with Crippen molar-refractivity contribution in [1.29, 1.82) is 0 Å². The molecule has 1 aromatic carbocycles. The average Bonchev–Trinajstić information content (AvgIpc) is 3.04. The van der Waals surface area contributed by atoms with E-state index in [2.05, 4.69) is 4.98 Å². The largest absolute Gasteiger partial charge is 0.443 e. The molecule has 1 aliphatic heterocycles. The number of fused-ring (bicyclic) bond motifs is 1. The molecule has 0 bridgehead atoms. The molecule has 1 fully saturated rings. The van der Waals surface area contributed by atoms with Crippen LogP contribution in [0.3, 0.4) is 0 Å². The highest BCUT2D eigenvalue weighted by atomic mass is 16.6. The first-order valence-electron chi connectivity index (χ1n) is 8.08. The van der Waals surface area contributed by atoms with Crippen molar-refractivity contribution in [2.45, 2.75) is 39.4 Å². The summed E-state index contributed by atoms with van der Waals surface area (Å²) in [6.07, 6.45) is -1.41. The van der Waals surface area contributed by atoms with Gasteiger partial charge in [-0.1, -0.05) is 12.1 Å². The van der Waals surface area contributed by atoms with Crippen LogP contribution in [0.1, 0.15) is 38.3 Å². The standard InChI is InChI=1S/C17H22N4O4/c1-10-19-14-11(13-8-20(9-18)15(22)24-13)6-5-7-12(14)21(10)16(23)25-17(2,3)4/h5-7,13H,8-9,18H2,1-4H3. The van der Waals surface area contributed by atoms with Crippen LogP contribution in [0.2, 0.25) is 0 Å². The van der Waals surface area contributed by atoms with Gasteiger partial charge in [0, 0.05) is 5.56 Å². The molecule has 3 rings (SSSR count). The number of carbonyl (C=O) groups is 2. The van der Waals surface area contributed by atoms with Gasteiger partial charge in [-0.25, -0.2) is 19.1 Å². The summed E-state index contributed by atoms with van der Waals surface area (Å²) in [4.78, 5) is 30.2. The molecule has 25 heavy (non-hydrogen) atoms. The van der Waals surface area contributed by atoms with Crippen molar-refractivity contribution in [2.75, 3.05) is 13.2 Å². The molecule has 1 unspecified atom stereocenters. The fraction of sp³-hybridized carbons (Fsp3) is 0.471. The molecular formula is C17H22N4O4. The van der Waals surface area contributed by atoms with Crippen molar-refractivity contribution in [1.82, 2.24) is 14.5 Å². The first kappa shape index (κ1) is 17.2. The van der Waals surface area contributed by atoms with Gasteiger partial charge >= 0.3 is 12.2 Å². The van der Waals surface area contributed by atoms with E-state index in [4.69, 9.17) is 15.2 Å². The molecule has 8 heteroatoms. The van der Waals surface area contributed by atoms with Crippen molar-refractivity contribution in [2.24, 2.45) is 5.73 Å². The van der Waals surface area contributed by atoms with E-state index in [1.54, 1.807) is 19.1 Å². The summed E-state index contributed by atoms with van der Waals surface area (Å²) >= 11 is 0. The number of hydrogen-bond donors (Lipinski definition) is 1. The van der Waals surface area contributed by atoms with E-state index in [0.717, 1.165) is 5.56 Å². The van der Waals surface area contributed by atoms with Crippen LogP contribution >= 0.6 is 0 Å². The number of aryl methyl sites for hydroxylation is 1. The van der Waals surface area contributed by atoms with Crippen molar-refractivity contribution < 1.29 is 19.1 Å². The number of imidazole rings is 1. The number of carbonyl (C=O) groups excluding carboxylic acids is 2. The maximum absolute atomic E-state index is 12.5. The summed E-state index contributed by atoms with van der Waals surface area (Å²) in [6, 6.07) is 5.44. The number of hydrogen-bond acceptors (Lipinski definition) is 6. The van der Waals surface area contributed by atoms with E-state index < -0.39 is 23.9 Å². The average molecular weight is 346 g/mol. The molecule has 2 heterocycles. The molecule has 1 atom stereocenters. The van der Waals surface area contributed by atoms with E-state index in [0.29, 0.717) is 23.4 Å². The van der Waals surface area contributed by atoms with Crippen LogP contribution in [0.25, 0.3) is 11.0 Å². The third kappa shape index (κ3) is 3.17. The van der Waals surface area contributed by atoms with Gasteiger partial charge in [0.15, 0.2) is 0 Å². The zero-order chi connectivity index (χ0) is 18.4. The lowest BCUT2D eigenvalue weighted by Gasteiger charge is -2.20. The Kier molecular flexibility index (Phi) is 4.16. The molecule has 0 saturated carbocycles. The summed E-state index contributed by atoms with van der Waals surface area (Å²) in [5.41, 5.74) is 6.91. The van der Waals surface area contributed by atoms with Gasteiger partial charge in [-0.15, -0.1) is 0 Å². The lowest BCUT2D eigenvalue weighted by atomic mass is 10.1. The summed E-state index contributed by atoms with van der Waals surface area (Å²) in [6.45, 7) is 7.61. The Morgan fingerprint density at radius 1 is 1.44 bits per heavy atom. The second-order valence-electron chi connectivity index (χ2n) is 6.97. The van der Waals surface area contributed by atoms with Crippen LogP contribution < -0.4 is 5.73 Å². The van der Waals surface area contributed by atoms with Gasteiger partial charge in [-0.2, -0.15) is 0 Å². The minimum Gasteiger partial charge on any atom is -0.443 e. The molecule has 1 aliphatic rings. The summed E-state index contributed by atoms with van der Waals surface area (Å²) in [5, 5.41) is 0. The van der Waals surface area contributed by atoms with E-state index in [1.165, 1.54) is 9.47 Å². The molecular weight excluding hydrogens is 324 g/mol. The topological polar surface area (TPSA) is 99.7 Å². The minimum absolute atomic E-state index is 0.0939. The zero-order valence-corrected chi connectivity index (χ0v) is 14.8. The number of nitrogens with zero attached hydrogens (tertiary/aromatic N) is 3. The molecule has 1 aromatic heterocycles. The van der Waals surface area contributed by atoms with Crippen LogP contribution in [0.5, 0.6) is 0 Å². The lowest BCUT2D eigenvalue weighted by Crippen LogP contribution is -2.30. The van der Waals surface area contributed by atoms with Crippen LogP contribution in [0.15, 0.2) is 18.2 Å². The van der Waals surface area contributed by atoms with Gasteiger partial charge in [-0.3, -0.25) is 4.90 Å².